The summed E-state index contributed by atoms with van der Waals surface area (Å²) < 4.78 is 4.63. The minimum Gasteiger partial charge on any atom is -0.465 e. The molecule has 104 valence electrons. The minimum atomic E-state index is -0.370. The summed E-state index contributed by atoms with van der Waals surface area (Å²) in [6.07, 6.45) is 1.54. The van der Waals surface area contributed by atoms with Gasteiger partial charge in [0.05, 0.1) is 18.4 Å². The second-order valence-electron chi connectivity index (χ2n) is 4.34. The number of nitrogens with zero attached hydrogens (tertiary/aromatic N) is 1. The highest BCUT2D eigenvalue weighted by molar-refractivity contribution is 7.98. The quantitative estimate of drug-likeness (QED) is 0.532. The van der Waals surface area contributed by atoms with E-state index in [-0.39, 0.29) is 5.97 Å². The molecule has 2 rings (SSSR count). The van der Waals surface area contributed by atoms with Crippen molar-refractivity contribution in [2.45, 2.75) is 17.6 Å². The van der Waals surface area contributed by atoms with Gasteiger partial charge in [-0.05, 0) is 42.8 Å². The molecule has 0 aliphatic rings. The molecule has 2 N–H and O–H groups in total. The number of nitrogen functional groups attached to an aromatic ring is 1. The smallest absolute Gasteiger partial charge is 0.339 e. The van der Waals surface area contributed by atoms with E-state index in [1.807, 2.05) is 25.1 Å². The van der Waals surface area contributed by atoms with Gasteiger partial charge in [-0.2, -0.15) is 0 Å². The van der Waals surface area contributed by atoms with Crippen molar-refractivity contribution in [3.63, 3.8) is 0 Å². The Kier molecular flexibility index (Phi) is 4.63. The van der Waals surface area contributed by atoms with Gasteiger partial charge in [0.1, 0.15) is 0 Å². The predicted octanol–water partition coefficient (Wildman–Crippen LogP) is 3.05. The van der Waals surface area contributed by atoms with Gasteiger partial charge in [0.15, 0.2) is 0 Å². The van der Waals surface area contributed by atoms with E-state index in [9.17, 15) is 4.79 Å². The van der Waals surface area contributed by atoms with E-state index in [0.29, 0.717) is 5.56 Å². The highest BCUT2D eigenvalue weighted by atomic mass is 32.2. The number of aryl methyl sites for hydroxylation is 1. The number of carbonyl (C=O) groups is 1. The Balaban J connectivity index is 2.00. The molecule has 1 aromatic carbocycles. The van der Waals surface area contributed by atoms with E-state index in [1.54, 1.807) is 17.8 Å². The van der Waals surface area contributed by atoms with Crippen LogP contribution in [0.3, 0.4) is 0 Å². The second-order valence-corrected chi connectivity index (χ2v) is 5.39. The average molecular weight is 288 g/mol. The van der Waals surface area contributed by atoms with E-state index < -0.39 is 0 Å². The monoisotopic (exact) mass is 288 g/mol. The molecule has 0 bridgehead atoms. The predicted molar refractivity (Wildman–Crippen MR) is 80.7 cm³/mol. The summed E-state index contributed by atoms with van der Waals surface area (Å²) in [4.78, 5) is 16.7. The van der Waals surface area contributed by atoms with Crippen LogP contribution in [0.15, 0.2) is 41.4 Å². The topological polar surface area (TPSA) is 65.2 Å². The molecular weight excluding hydrogens is 272 g/mol. The van der Waals surface area contributed by atoms with Crippen molar-refractivity contribution in [3.8, 4) is 0 Å². The number of pyridine rings is 1. The fraction of sp³-hybridized carbons (Fsp3) is 0.200. The number of hydrogen-bond donors (Lipinski definition) is 1. The van der Waals surface area contributed by atoms with E-state index >= 15 is 0 Å². The molecule has 0 unspecified atom stereocenters. The molecule has 4 nitrogen and oxygen atoms in total. The van der Waals surface area contributed by atoms with Gasteiger partial charge in [0.2, 0.25) is 0 Å². The van der Waals surface area contributed by atoms with Gasteiger partial charge in [0.25, 0.3) is 0 Å². The van der Waals surface area contributed by atoms with Crippen LogP contribution in [0.5, 0.6) is 0 Å². The molecule has 0 aliphatic heterocycles. The summed E-state index contributed by atoms with van der Waals surface area (Å²) in [6.45, 7) is 1.99. The zero-order chi connectivity index (χ0) is 14.5. The van der Waals surface area contributed by atoms with Gasteiger partial charge >= 0.3 is 5.97 Å². The molecule has 20 heavy (non-hydrogen) atoms. The van der Waals surface area contributed by atoms with Crippen LogP contribution in [0.2, 0.25) is 0 Å². The summed E-state index contributed by atoms with van der Waals surface area (Å²) >= 11 is 1.68. The van der Waals surface area contributed by atoms with Crippen molar-refractivity contribution >= 4 is 23.4 Å². The number of rotatable bonds is 4. The van der Waals surface area contributed by atoms with Crippen molar-refractivity contribution in [2.75, 3.05) is 12.8 Å². The van der Waals surface area contributed by atoms with Crippen LogP contribution in [-0.2, 0) is 10.5 Å². The van der Waals surface area contributed by atoms with Gasteiger partial charge in [-0.25, -0.2) is 4.79 Å². The van der Waals surface area contributed by atoms with Crippen molar-refractivity contribution in [1.82, 2.24) is 4.98 Å². The minimum absolute atomic E-state index is 0.370. The first-order valence-electron chi connectivity index (χ1n) is 6.12. The van der Waals surface area contributed by atoms with Crippen LogP contribution in [0.25, 0.3) is 0 Å². The Labute approximate surface area is 122 Å². The summed E-state index contributed by atoms with van der Waals surface area (Å²) in [7, 11) is 1.36. The van der Waals surface area contributed by atoms with Crippen LogP contribution >= 0.6 is 11.8 Å². The number of methoxy groups -OCH3 is 1. The Morgan fingerprint density at radius 1 is 1.35 bits per heavy atom. The van der Waals surface area contributed by atoms with Gasteiger partial charge in [0, 0.05) is 22.5 Å². The number of esters is 1. The Hall–Kier alpha value is -2.01. The van der Waals surface area contributed by atoms with Gasteiger partial charge in [-0.1, -0.05) is 0 Å². The molecule has 0 saturated heterocycles. The maximum absolute atomic E-state index is 11.3. The van der Waals surface area contributed by atoms with Crippen LogP contribution < -0.4 is 5.73 Å². The van der Waals surface area contributed by atoms with Crippen LogP contribution in [0.1, 0.15) is 21.6 Å². The number of nitrogens with two attached hydrogens (primary N) is 1. The molecule has 0 spiro atoms. The van der Waals surface area contributed by atoms with E-state index in [4.69, 9.17) is 5.73 Å². The normalized spacial score (nSPS) is 10.3. The van der Waals surface area contributed by atoms with Crippen molar-refractivity contribution < 1.29 is 9.53 Å². The molecule has 5 heteroatoms. The van der Waals surface area contributed by atoms with E-state index in [2.05, 4.69) is 15.8 Å². The zero-order valence-corrected chi connectivity index (χ0v) is 12.2. The fourth-order valence-electron chi connectivity index (χ4n) is 1.64. The Morgan fingerprint density at radius 3 is 2.75 bits per heavy atom. The summed E-state index contributed by atoms with van der Waals surface area (Å²) in [6, 6.07) is 9.52. The molecule has 0 atom stereocenters. The number of hydrogen-bond acceptors (Lipinski definition) is 5. The Bertz CT molecular complexity index is 612. The molecule has 0 amide bonds. The number of benzene rings is 1. The number of thioether (sulfide) groups is 1. The molecule has 1 heterocycles. The molecule has 0 aliphatic carbocycles. The standard InChI is InChI=1S/C15H16N2O2S/c1-10-7-13(5-6-14(10)16)20-9-12-4-3-11(8-17-12)15(18)19-2/h3-8H,9,16H2,1-2H3. The number of carbonyl (C=O) groups excluding carboxylic acids is 1. The summed E-state index contributed by atoms with van der Waals surface area (Å²) in [5, 5.41) is 0. The lowest BCUT2D eigenvalue weighted by Crippen LogP contribution is -2.02. The largest absolute Gasteiger partial charge is 0.465 e. The van der Waals surface area contributed by atoms with Crippen molar-refractivity contribution in [2.24, 2.45) is 0 Å². The molecule has 1 aromatic heterocycles. The lowest BCUT2D eigenvalue weighted by atomic mass is 10.2. The third kappa shape index (κ3) is 3.51. The molecule has 0 radical (unpaired) electrons. The van der Waals surface area contributed by atoms with Gasteiger partial charge < -0.3 is 10.5 Å². The first-order chi connectivity index (χ1) is 9.60. The van der Waals surface area contributed by atoms with E-state index in [0.717, 1.165) is 27.6 Å². The van der Waals surface area contributed by atoms with Crippen LogP contribution in [0, 0.1) is 6.92 Å². The number of anilines is 1. The molecular formula is C15H16N2O2S. The lowest BCUT2D eigenvalue weighted by Gasteiger charge is -2.05. The molecule has 2 aromatic rings. The number of ether oxygens (including phenoxy) is 1. The fourth-order valence-corrected chi connectivity index (χ4v) is 2.55. The van der Waals surface area contributed by atoms with Gasteiger partial charge in [-0.3, -0.25) is 4.98 Å². The highest BCUT2D eigenvalue weighted by Crippen LogP contribution is 2.25. The van der Waals surface area contributed by atoms with Gasteiger partial charge in [-0.15, -0.1) is 11.8 Å². The third-order valence-corrected chi connectivity index (χ3v) is 3.90. The molecule has 0 saturated carbocycles. The maximum atomic E-state index is 11.3. The third-order valence-electron chi connectivity index (χ3n) is 2.87. The number of aromatic nitrogens is 1. The second kappa shape index (κ2) is 6.43. The zero-order valence-electron chi connectivity index (χ0n) is 11.4. The van der Waals surface area contributed by atoms with Crippen LogP contribution in [-0.4, -0.2) is 18.1 Å². The first-order valence-corrected chi connectivity index (χ1v) is 7.11. The summed E-state index contributed by atoms with van der Waals surface area (Å²) in [5.74, 6) is 0.371. The SMILES string of the molecule is COC(=O)c1ccc(CSc2ccc(N)c(C)c2)nc1. The first kappa shape index (κ1) is 14.4. The maximum Gasteiger partial charge on any atom is 0.339 e. The average Bonchev–Trinajstić information content (AvgIpc) is 2.48. The molecule has 0 fully saturated rings. The van der Waals surface area contributed by atoms with Crippen LogP contribution in [0.4, 0.5) is 5.69 Å². The van der Waals surface area contributed by atoms with E-state index in [1.165, 1.54) is 13.3 Å². The Morgan fingerprint density at radius 2 is 2.15 bits per heavy atom. The summed E-state index contributed by atoms with van der Waals surface area (Å²) in [5.41, 5.74) is 9.04. The lowest BCUT2D eigenvalue weighted by molar-refractivity contribution is 0.0600. The van der Waals surface area contributed by atoms with Crippen molar-refractivity contribution in [3.05, 3.63) is 53.3 Å². The highest BCUT2D eigenvalue weighted by Gasteiger charge is 2.06. The van der Waals surface area contributed by atoms with Crippen molar-refractivity contribution in [1.29, 1.82) is 0 Å².